The number of methoxy groups -OCH3 is 1. The zero-order valence-corrected chi connectivity index (χ0v) is 22.5. The van der Waals surface area contributed by atoms with E-state index in [2.05, 4.69) is 26.5 Å². The van der Waals surface area contributed by atoms with Gasteiger partial charge in [0.2, 0.25) is 0 Å². The third-order valence-electron chi connectivity index (χ3n) is 5.27. The third-order valence-corrected chi connectivity index (χ3v) is 6.01. The zero-order chi connectivity index (χ0) is 26.9. The summed E-state index contributed by atoms with van der Waals surface area (Å²) in [6.07, 6.45) is 1.46. The van der Waals surface area contributed by atoms with Gasteiger partial charge >= 0.3 is 5.97 Å². The summed E-state index contributed by atoms with van der Waals surface area (Å²) < 4.78 is 17.5. The highest BCUT2D eigenvalue weighted by Crippen LogP contribution is 2.29. The van der Waals surface area contributed by atoms with Crippen molar-refractivity contribution in [2.45, 2.75) is 6.61 Å². The summed E-state index contributed by atoms with van der Waals surface area (Å²) in [4.78, 5) is 25.2. The number of hydrogen-bond acceptors (Lipinski definition) is 6. The number of hydrogen-bond donors (Lipinski definition) is 1. The Kier molecular flexibility index (Phi) is 9.13. The van der Waals surface area contributed by atoms with Crippen LogP contribution in [0.2, 0.25) is 5.02 Å². The summed E-state index contributed by atoms with van der Waals surface area (Å²) in [6.45, 7) is 0.281. The quantitative estimate of drug-likeness (QED) is 0.101. The largest absolute Gasteiger partial charge is 0.493 e. The van der Waals surface area contributed by atoms with Crippen molar-refractivity contribution in [3.63, 3.8) is 0 Å². The number of nitrogens with one attached hydrogen (secondary N) is 1. The van der Waals surface area contributed by atoms with Crippen LogP contribution in [-0.4, -0.2) is 25.2 Å². The fourth-order valence-corrected chi connectivity index (χ4v) is 3.90. The molecule has 9 heteroatoms. The maximum absolute atomic E-state index is 12.8. The molecule has 0 unspecified atom stereocenters. The highest BCUT2D eigenvalue weighted by atomic mass is 79.9. The Morgan fingerprint density at radius 1 is 0.921 bits per heavy atom. The number of carbonyl (C=O) groups excluding carboxylic acids is 2. The maximum Gasteiger partial charge on any atom is 0.343 e. The smallest absolute Gasteiger partial charge is 0.343 e. The standard InChI is InChI=1S/C29H22BrClN2O5/c1-36-27-15-20(11-14-26(27)38-29(35)21-5-4-6-22(30)16-21)17-32-33-28(34)24-7-2-3-8-25(24)37-18-19-9-12-23(31)13-10-19/h2-17H,18H2,1H3,(H,33,34)/b32-17-. The van der Waals surface area contributed by atoms with Crippen LogP contribution in [0.4, 0.5) is 0 Å². The van der Waals surface area contributed by atoms with Gasteiger partial charge in [0.1, 0.15) is 12.4 Å². The molecule has 0 bridgehead atoms. The number of amides is 1. The van der Waals surface area contributed by atoms with E-state index >= 15 is 0 Å². The van der Waals surface area contributed by atoms with Crippen molar-refractivity contribution in [3.8, 4) is 17.2 Å². The van der Waals surface area contributed by atoms with Crippen molar-refractivity contribution in [3.05, 3.63) is 123 Å². The molecule has 0 aliphatic carbocycles. The number of ether oxygens (including phenoxy) is 3. The van der Waals surface area contributed by atoms with E-state index in [1.165, 1.54) is 13.3 Å². The molecule has 0 aliphatic heterocycles. The average Bonchev–Trinajstić information content (AvgIpc) is 2.93. The van der Waals surface area contributed by atoms with Gasteiger partial charge in [-0.15, -0.1) is 0 Å². The fraction of sp³-hybridized carbons (Fsp3) is 0.0690. The molecule has 0 fully saturated rings. The molecular weight excluding hydrogens is 572 g/mol. The molecular formula is C29H22BrClN2O5. The molecule has 7 nitrogen and oxygen atoms in total. The first-order valence-corrected chi connectivity index (χ1v) is 12.6. The summed E-state index contributed by atoms with van der Waals surface area (Å²) in [5.41, 5.74) is 4.78. The molecule has 1 N–H and O–H groups in total. The van der Waals surface area contributed by atoms with Crippen molar-refractivity contribution in [1.82, 2.24) is 5.43 Å². The SMILES string of the molecule is COc1cc(/C=N\NC(=O)c2ccccc2OCc2ccc(Cl)cc2)ccc1OC(=O)c1cccc(Br)c1. The number of rotatable bonds is 9. The Bertz CT molecular complexity index is 1470. The van der Waals surface area contributed by atoms with Gasteiger partial charge in [0.25, 0.3) is 5.91 Å². The number of carbonyl (C=O) groups is 2. The van der Waals surface area contributed by atoms with Crippen LogP contribution in [0, 0.1) is 0 Å². The topological polar surface area (TPSA) is 86.2 Å². The van der Waals surface area contributed by atoms with Gasteiger partial charge in [0, 0.05) is 9.50 Å². The van der Waals surface area contributed by atoms with Crippen LogP contribution in [0.25, 0.3) is 0 Å². The number of nitrogens with zero attached hydrogens (tertiary/aromatic N) is 1. The number of para-hydroxylation sites is 1. The molecule has 4 aromatic rings. The summed E-state index contributed by atoms with van der Waals surface area (Å²) in [6, 6.07) is 26.0. The van der Waals surface area contributed by atoms with Crippen LogP contribution < -0.4 is 19.6 Å². The van der Waals surface area contributed by atoms with Crippen LogP contribution in [0.5, 0.6) is 17.2 Å². The highest BCUT2D eigenvalue weighted by molar-refractivity contribution is 9.10. The summed E-state index contributed by atoms with van der Waals surface area (Å²) in [5.74, 6) is 0.0677. The Morgan fingerprint density at radius 3 is 2.47 bits per heavy atom. The minimum Gasteiger partial charge on any atom is -0.493 e. The van der Waals surface area contributed by atoms with Crippen molar-refractivity contribution < 1.29 is 23.8 Å². The number of esters is 1. The first-order chi connectivity index (χ1) is 18.4. The molecule has 0 aliphatic rings. The summed E-state index contributed by atoms with van der Waals surface area (Å²) in [5, 5.41) is 4.69. The van der Waals surface area contributed by atoms with E-state index in [-0.39, 0.29) is 12.4 Å². The molecule has 0 radical (unpaired) electrons. The van der Waals surface area contributed by atoms with Gasteiger partial charge in [-0.25, -0.2) is 10.2 Å². The van der Waals surface area contributed by atoms with Crippen molar-refractivity contribution in [2.24, 2.45) is 5.10 Å². The lowest BCUT2D eigenvalue weighted by molar-refractivity contribution is 0.0729. The number of halogens is 2. The lowest BCUT2D eigenvalue weighted by Gasteiger charge is -2.11. The molecule has 4 aromatic carbocycles. The third kappa shape index (κ3) is 7.21. The molecule has 0 aromatic heterocycles. The fourth-order valence-electron chi connectivity index (χ4n) is 3.37. The van der Waals surface area contributed by atoms with E-state index in [1.54, 1.807) is 72.8 Å². The van der Waals surface area contributed by atoms with Gasteiger partial charge in [-0.05, 0) is 71.8 Å². The molecule has 38 heavy (non-hydrogen) atoms. The molecule has 0 spiro atoms. The predicted molar refractivity (Wildman–Crippen MR) is 149 cm³/mol. The van der Waals surface area contributed by atoms with Crippen LogP contribution in [0.1, 0.15) is 31.8 Å². The lowest BCUT2D eigenvalue weighted by atomic mass is 10.2. The van der Waals surface area contributed by atoms with Crippen molar-refractivity contribution in [2.75, 3.05) is 7.11 Å². The monoisotopic (exact) mass is 592 g/mol. The van der Waals surface area contributed by atoms with E-state index in [0.717, 1.165) is 10.0 Å². The lowest BCUT2D eigenvalue weighted by Crippen LogP contribution is -2.18. The van der Waals surface area contributed by atoms with Crippen LogP contribution in [0.15, 0.2) is 101 Å². The van der Waals surface area contributed by atoms with Gasteiger partial charge in [-0.1, -0.05) is 57.9 Å². The molecule has 1 amide bonds. The first kappa shape index (κ1) is 26.9. The summed E-state index contributed by atoms with van der Waals surface area (Å²) in [7, 11) is 1.47. The minimum atomic E-state index is -0.518. The van der Waals surface area contributed by atoms with E-state index in [4.69, 9.17) is 25.8 Å². The molecule has 192 valence electrons. The number of hydrazone groups is 1. The maximum atomic E-state index is 12.8. The average molecular weight is 594 g/mol. The van der Waals surface area contributed by atoms with E-state index in [1.807, 2.05) is 18.2 Å². The Morgan fingerprint density at radius 2 is 1.71 bits per heavy atom. The highest BCUT2D eigenvalue weighted by Gasteiger charge is 2.14. The van der Waals surface area contributed by atoms with E-state index in [0.29, 0.717) is 33.2 Å². The van der Waals surface area contributed by atoms with Crippen molar-refractivity contribution in [1.29, 1.82) is 0 Å². The number of benzene rings is 4. The van der Waals surface area contributed by atoms with Crippen LogP contribution >= 0.6 is 27.5 Å². The second-order valence-corrected chi connectivity index (χ2v) is 9.27. The molecule has 0 atom stereocenters. The summed E-state index contributed by atoms with van der Waals surface area (Å²) >= 11 is 9.26. The van der Waals surface area contributed by atoms with Crippen molar-refractivity contribution >= 4 is 45.6 Å². The van der Waals surface area contributed by atoms with Gasteiger partial charge in [-0.2, -0.15) is 5.10 Å². The Labute approximate surface area is 233 Å². The zero-order valence-electron chi connectivity index (χ0n) is 20.2. The second kappa shape index (κ2) is 12.9. The molecule has 4 rings (SSSR count). The van der Waals surface area contributed by atoms with Crippen LogP contribution in [0.3, 0.4) is 0 Å². The van der Waals surface area contributed by atoms with Crippen LogP contribution in [-0.2, 0) is 6.61 Å². The molecule has 0 saturated carbocycles. The molecule has 0 saturated heterocycles. The minimum absolute atomic E-state index is 0.255. The first-order valence-electron chi connectivity index (χ1n) is 11.4. The van der Waals surface area contributed by atoms with Gasteiger partial charge in [0.05, 0.1) is 24.5 Å². The van der Waals surface area contributed by atoms with Gasteiger partial charge in [0.15, 0.2) is 11.5 Å². The normalized spacial score (nSPS) is 10.7. The van der Waals surface area contributed by atoms with Gasteiger partial charge in [-0.3, -0.25) is 4.79 Å². The predicted octanol–water partition coefficient (Wildman–Crippen LogP) is 6.67. The Balaban J connectivity index is 1.39. The van der Waals surface area contributed by atoms with E-state index in [9.17, 15) is 9.59 Å². The Hall–Kier alpha value is -4.14. The second-order valence-electron chi connectivity index (χ2n) is 7.92. The van der Waals surface area contributed by atoms with E-state index < -0.39 is 11.9 Å². The molecule has 0 heterocycles. The van der Waals surface area contributed by atoms with Gasteiger partial charge < -0.3 is 14.2 Å².